The van der Waals surface area contributed by atoms with Gasteiger partial charge in [-0.3, -0.25) is 4.90 Å². The molecule has 0 spiro atoms. The van der Waals surface area contributed by atoms with E-state index in [-0.39, 0.29) is 6.04 Å². The first kappa shape index (κ1) is 14.5. The van der Waals surface area contributed by atoms with Crippen LogP contribution in [0.5, 0.6) is 0 Å². The van der Waals surface area contributed by atoms with E-state index in [1.807, 2.05) is 6.07 Å². The van der Waals surface area contributed by atoms with Crippen molar-refractivity contribution >= 4 is 10.0 Å². The van der Waals surface area contributed by atoms with E-state index in [1.54, 1.807) is 0 Å². The number of nitrogens with zero attached hydrogens (tertiary/aromatic N) is 1. The number of sulfonamides is 1. The summed E-state index contributed by atoms with van der Waals surface area (Å²) < 4.78 is 25.1. The van der Waals surface area contributed by atoms with Crippen molar-refractivity contribution in [1.29, 1.82) is 0 Å². The van der Waals surface area contributed by atoms with E-state index >= 15 is 0 Å². The molecule has 0 bridgehead atoms. The fourth-order valence-electron chi connectivity index (χ4n) is 2.65. The maximum absolute atomic E-state index is 11.2. The van der Waals surface area contributed by atoms with Gasteiger partial charge in [0.1, 0.15) is 0 Å². The lowest BCUT2D eigenvalue weighted by Gasteiger charge is -2.36. The molecule has 1 aliphatic rings. The van der Waals surface area contributed by atoms with E-state index in [0.29, 0.717) is 6.04 Å². The quantitative estimate of drug-likeness (QED) is 0.915. The Balaban J connectivity index is 1.90. The highest BCUT2D eigenvalue weighted by Crippen LogP contribution is 2.24. The minimum atomic E-state index is -3.08. The summed E-state index contributed by atoms with van der Waals surface area (Å²) in [7, 11) is -3.08. The fraction of sp³-hybridized carbons (Fsp3) is 0.571. The number of hydrogen-bond donors (Lipinski definition) is 1. The number of nitrogens with one attached hydrogen (secondary N) is 1. The Kier molecular flexibility index (Phi) is 4.60. The van der Waals surface area contributed by atoms with Gasteiger partial charge in [0.05, 0.1) is 6.26 Å². The van der Waals surface area contributed by atoms with Crippen LogP contribution in [0.25, 0.3) is 0 Å². The van der Waals surface area contributed by atoms with E-state index in [9.17, 15) is 8.42 Å². The van der Waals surface area contributed by atoms with Crippen LogP contribution < -0.4 is 4.72 Å². The molecule has 106 valence electrons. The highest BCUT2D eigenvalue weighted by Gasteiger charge is 2.24. The summed E-state index contributed by atoms with van der Waals surface area (Å²) in [5.74, 6) is 0. The average Bonchev–Trinajstić information content (AvgIpc) is 2.38. The summed E-state index contributed by atoms with van der Waals surface area (Å²) in [5.41, 5.74) is 1.32. The first-order valence-electron chi connectivity index (χ1n) is 6.72. The zero-order valence-electron chi connectivity index (χ0n) is 11.5. The monoisotopic (exact) mass is 282 g/mol. The Labute approximate surface area is 115 Å². The van der Waals surface area contributed by atoms with Crippen LogP contribution in [0.4, 0.5) is 0 Å². The van der Waals surface area contributed by atoms with Gasteiger partial charge >= 0.3 is 0 Å². The highest BCUT2D eigenvalue weighted by molar-refractivity contribution is 7.88. The molecule has 4 nitrogen and oxygen atoms in total. The summed E-state index contributed by atoms with van der Waals surface area (Å²) in [5, 5.41) is 0. The molecule has 0 amide bonds. The van der Waals surface area contributed by atoms with E-state index in [0.717, 1.165) is 25.9 Å². The lowest BCUT2D eigenvalue weighted by atomic mass is 10.0. The summed E-state index contributed by atoms with van der Waals surface area (Å²) in [6.07, 6.45) is 2.99. The van der Waals surface area contributed by atoms with Crippen LogP contribution in [0, 0.1) is 0 Å². The predicted octanol–water partition coefficient (Wildman–Crippen LogP) is 1.76. The Morgan fingerprint density at radius 1 is 1.21 bits per heavy atom. The van der Waals surface area contributed by atoms with E-state index in [1.165, 1.54) is 11.8 Å². The maximum Gasteiger partial charge on any atom is 0.208 e. The molecular formula is C14H22N2O2S. The fourth-order valence-corrected chi connectivity index (χ4v) is 3.49. The van der Waals surface area contributed by atoms with E-state index in [4.69, 9.17) is 0 Å². The normalized spacial score (nSPS) is 20.3. The van der Waals surface area contributed by atoms with Gasteiger partial charge in [-0.25, -0.2) is 13.1 Å². The second-order valence-corrected chi connectivity index (χ2v) is 7.07. The molecule has 1 N–H and O–H groups in total. The van der Waals surface area contributed by atoms with E-state index in [2.05, 4.69) is 40.8 Å². The van der Waals surface area contributed by atoms with Gasteiger partial charge in [0.15, 0.2) is 0 Å². The Morgan fingerprint density at radius 2 is 1.79 bits per heavy atom. The Morgan fingerprint density at radius 3 is 2.32 bits per heavy atom. The van der Waals surface area contributed by atoms with Crippen molar-refractivity contribution in [2.45, 2.75) is 31.8 Å². The van der Waals surface area contributed by atoms with Gasteiger partial charge in [0, 0.05) is 25.2 Å². The average molecular weight is 282 g/mol. The largest absolute Gasteiger partial charge is 0.296 e. The topological polar surface area (TPSA) is 49.4 Å². The number of piperidine rings is 1. The van der Waals surface area contributed by atoms with Crippen molar-refractivity contribution in [1.82, 2.24) is 9.62 Å². The molecule has 0 aliphatic carbocycles. The lowest BCUT2D eigenvalue weighted by molar-refractivity contribution is 0.159. The number of likely N-dealkylation sites (tertiary alicyclic amines) is 1. The highest BCUT2D eigenvalue weighted by atomic mass is 32.2. The smallest absolute Gasteiger partial charge is 0.208 e. The van der Waals surface area contributed by atoms with Gasteiger partial charge in [-0.1, -0.05) is 30.3 Å². The maximum atomic E-state index is 11.2. The summed E-state index contributed by atoms with van der Waals surface area (Å²) >= 11 is 0. The predicted molar refractivity (Wildman–Crippen MR) is 77.4 cm³/mol. The molecule has 1 unspecified atom stereocenters. The molecule has 0 radical (unpaired) electrons. The minimum Gasteiger partial charge on any atom is -0.296 e. The summed E-state index contributed by atoms with van der Waals surface area (Å²) in [6, 6.07) is 10.9. The Bertz CT molecular complexity index is 493. The lowest BCUT2D eigenvalue weighted by Crippen LogP contribution is -2.44. The molecule has 1 aromatic carbocycles. The second-order valence-electron chi connectivity index (χ2n) is 5.29. The third-order valence-corrected chi connectivity index (χ3v) is 4.50. The SMILES string of the molecule is CC(c1ccccc1)N1CCC(NS(C)(=O)=O)CC1. The van der Waals surface area contributed by atoms with Crippen LogP contribution in [-0.4, -0.2) is 38.7 Å². The molecule has 1 atom stereocenters. The van der Waals surface area contributed by atoms with Crippen molar-refractivity contribution < 1.29 is 8.42 Å². The van der Waals surface area contributed by atoms with Gasteiger partial charge in [0.2, 0.25) is 10.0 Å². The first-order valence-corrected chi connectivity index (χ1v) is 8.61. The molecule has 1 aromatic rings. The first-order chi connectivity index (χ1) is 8.96. The van der Waals surface area contributed by atoms with Gasteiger partial charge in [-0.2, -0.15) is 0 Å². The molecule has 2 rings (SSSR count). The van der Waals surface area contributed by atoms with Crippen LogP contribution >= 0.6 is 0 Å². The van der Waals surface area contributed by atoms with Crippen molar-refractivity contribution in [3.05, 3.63) is 35.9 Å². The number of hydrogen-bond acceptors (Lipinski definition) is 3. The molecule has 1 fully saturated rings. The van der Waals surface area contributed by atoms with Crippen molar-refractivity contribution in [2.24, 2.45) is 0 Å². The zero-order chi connectivity index (χ0) is 13.9. The van der Waals surface area contributed by atoms with Gasteiger partial charge in [-0.15, -0.1) is 0 Å². The molecule has 5 heteroatoms. The van der Waals surface area contributed by atoms with Crippen LogP contribution in [0.3, 0.4) is 0 Å². The Hall–Kier alpha value is -0.910. The minimum absolute atomic E-state index is 0.0919. The van der Waals surface area contributed by atoms with Crippen molar-refractivity contribution in [3.63, 3.8) is 0 Å². The number of rotatable bonds is 4. The van der Waals surface area contributed by atoms with Gasteiger partial charge < -0.3 is 0 Å². The van der Waals surface area contributed by atoms with Crippen molar-refractivity contribution in [2.75, 3.05) is 19.3 Å². The standard InChI is InChI=1S/C14H22N2O2S/c1-12(13-6-4-3-5-7-13)16-10-8-14(9-11-16)15-19(2,17)18/h3-7,12,14-15H,8-11H2,1-2H3. The molecule has 1 heterocycles. The van der Waals surface area contributed by atoms with E-state index < -0.39 is 10.0 Å². The molecule has 1 saturated heterocycles. The molecule has 19 heavy (non-hydrogen) atoms. The summed E-state index contributed by atoms with van der Waals surface area (Å²) in [4.78, 5) is 2.41. The third-order valence-electron chi connectivity index (χ3n) is 3.74. The third kappa shape index (κ3) is 4.30. The summed E-state index contributed by atoms with van der Waals surface area (Å²) in [6.45, 7) is 4.08. The molecular weight excluding hydrogens is 260 g/mol. The van der Waals surface area contributed by atoms with Gasteiger partial charge in [-0.05, 0) is 25.3 Å². The van der Waals surface area contributed by atoms with Crippen molar-refractivity contribution in [3.8, 4) is 0 Å². The van der Waals surface area contributed by atoms with Crippen LogP contribution in [0.2, 0.25) is 0 Å². The molecule has 0 aromatic heterocycles. The number of benzene rings is 1. The molecule has 1 aliphatic heterocycles. The zero-order valence-corrected chi connectivity index (χ0v) is 12.4. The van der Waals surface area contributed by atoms with Gasteiger partial charge in [0.25, 0.3) is 0 Å². The van der Waals surface area contributed by atoms with Crippen LogP contribution in [0.1, 0.15) is 31.4 Å². The second kappa shape index (κ2) is 6.03. The van der Waals surface area contributed by atoms with Crippen LogP contribution in [-0.2, 0) is 10.0 Å². The van der Waals surface area contributed by atoms with Crippen LogP contribution in [0.15, 0.2) is 30.3 Å². The molecule has 0 saturated carbocycles.